The number of carbonyl (C=O) groups excluding carboxylic acids is 1. The van der Waals surface area contributed by atoms with Gasteiger partial charge in [-0.3, -0.25) is 4.79 Å². The maximum Gasteiger partial charge on any atom is 0.254 e. The molecule has 2 aromatic carbocycles. The molecule has 0 saturated carbocycles. The number of aryl methyl sites for hydroxylation is 1. The van der Waals surface area contributed by atoms with Crippen LogP contribution < -0.4 is 4.90 Å². The fraction of sp³-hybridized carbons (Fsp3) is 0.391. The summed E-state index contributed by atoms with van der Waals surface area (Å²) < 4.78 is 5.79. The third-order valence-electron chi connectivity index (χ3n) is 5.43. The topological polar surface area (TPSA) is 49.6 Å². The quantitative estimate of drug-likeness (QED) is 0.656. The lowest BCUT2D eigenvalue weighted by Gasteiger charge is -2.41. The average molecular weight is 377 g/mol. The summed E-state index contributed by atoms with van der Waals surface area (Å²) in [7, 11) is 0. The van der Waals surface area contributed by atoms with E-state index in [1.54, 1.807) is 0 Å². The van der Waals surface area contributed by atoms with Crippen molar-refractivity contribution in [3.05, 3.63) is 60.0 Å². The number of para-hydroxylation sites is 1. The molecule has 28 heavy (non-hydrogen) atoms. The molecule has 1 fully saturated rings. The molecule has 1 amide bonds. The Morgan fingerprint density at radius 3 is 2.75 bits per heavy atom. The predicted octanol–water partition coefficient (Wildman–Crippen LogP) is 4.52. The van der Waals surface area contributed by atoms with E-state index in [1.807, 2.05) is 29.2 Å². The van der Waals surface area contributed by atoms with Crippen LogP contribution >= 0.6 is 0 Å². The number of hydrogen-bond acceptors (Lipinski definition) is 4. The van der Waals surface area contributed by atoms with Gasteiger partial charge in [0.15, 0.2) is 11.5 Å². The van der Waals surface area contributed by atoms with E-state index in [9.17, 15) is 4.79 Å². The lowest BCUT2D eigenvalue weighted by atomic mass is 10.1. The smallest absolute Gasteiger partial charge is 0.254 e. The van der Waals surface area contributed by atoms with Crippen molar-refractivity contribution in [3.63, 3.8) is 0 Å². The van der Waals surface area contributed by atoms with Crippen LogP contribution in [-0.4, -0.2) is 41.5 Å². The first-order valence-electron chi connectivity index (χ1n) is 10.2. The third-order valence-corrected chi connectivity index (χ3v) is 5.43. The number of piperazine rings is 1. The standard InChI is InChI=1S/C23H27N3O2/c1-3-4-10-22-24-20-15-18(11-12-21(20)28-22)23(27)26-14-13-25(16-17(26)2)19-8-6-5-7-9-19/h5-9,11-12,15,17H,3-4,10,13-14,16H2,1-2H3. The highest BCUT2D eigenvalue weighted by Crippen LogP contribution is 2.23. The fourth-order valence-corrected chi connectivity index (χ4v) is 3.84. The van der Waals surface area contributed by atoms with E-state index in [1.165, 1.54) is 5.69 Å². The number of oxazole rings is 1. The van der Waals surface area contributed by atoms with Crippen LogP contribution in [0.5, 0.6) is 0 Å². The van der Waals surface area contributed by atoms with Gasteiger partial charge in [0.2, 0.25) is 0 Å². The van der Waals surface area contributed by atoms with Gasteiger partial charge in [-0.1, -0.05) is 31.5 Å². The van der Waals surface area contributed by atoms with Gasteiger partial charge in [0.1, 0.15) is 5.52 Å². The number of nitrogens with zero attached hydrogens (tertiary/aromatic N) is 3. The van der Waals surface area contributed by atoms with Gasteiger partial charge in [-0.05, 0) is 43.7 Å². The maximum atomic E-state index is 13.1. The minimum Gasteiger partial charge on any atom is -0.441 e. The molecule has 0 spiro atoms. The van der Waals surface area contributed by atoms with Crippen molar-refractivity contribution >= 4 is 22.7 Å². The summed E-state index contributed by atoms with van der Waals surface area (Å²) in [5.41, 5.74) is 3.42. The SMILES string of the molecule is CCCCc1nc2cc(C(=O)N3CCN(c4ccccc4)CC3C)ccc2o1. The molecule has 2 heterocycles. The predicted molar refractivity (Wildman–Crippen MR) is 112 cm³/mol. The molecular weight excluding hydrogens is 350 g/mol. The largest absolute Gasteiger partial charge is 0.441 e. The molecule has 1 aromatic heterocycles. The van der Waals surface area contributed by atoms with Crippen LogP contribution in [0.4, 0.5) is 5.69 Å². The first-order chi connectivity index (χ1) is 13.7. The van der Waals surface area contributed by atoms with Crippen molar-refractivity contribution < 1.29 is 9.21 Å². The Morgan fingerprint density at radius 2 is 2.00 bits per heavy atom. The molecule has 0 aliphatic carbocycles. The Hall–Kier alpha value is -2.82. The van der Waals surface area contributed by atoms with Crippen molar-refractivity contribution in [3.8, 4) is 0 Å². The number of carbonyl (C=O) groups is 1. The van der Waals surface area contributed by atoms with E-state index in [0.29, 0.717) is 12.1 Å². The molecule has 5 heteroatoms. The zero-order valence-electron chi connectivity index (χ0n) is 16.6. The van der Waals surface area contributed by atoms with E-state index in [0.717, 1.165) is 49.3 Å². The summed E-state index contributed by atoms with van der Waals surface area (Å²) in [5, 5.41) is 0. The van der Waals surface area contributed by atoms with Crippen molar-refractivity contribution in [2.75, 3.05) is 24.5 Å². The van der Waals surface area contributed by atoms with Gasteiger partial charge in [0, 0.05) is 43.3 Å². The first kappa shape index (κ1) is 18.5. The molecule has 1 unspecified atom stereocenters. The van der Waals surface area contributed by atoms with E-state index in [4.69, 9.17) is 4.42 Å². The van der Waals surface area contributed by atoms with Gasteiger partial charge in [-0.15, -0.1) is 0 Å². The zero-order valence-corrected chi connectivity index (χ0v) is 16.6. The van der Waals surface area contributed by atoms with Crippen LogP contribution in [0.2, 0.25) is 0 Å². The lowest BCUT2D eigenvalue weighted by Crippen LogP contribution is -2.54. The molecule has 5 nitrogen and oxygen atoms in total. The first-order valence-corrected chi connectivity index (χ1v) is 10.2. The Kier molecular flexibility index (Phi) is 5.33. The Morgan fingerprint density at radius 1 is 1.18 bits per heavy atom. The van der Waals surface area contributed by atoms with Crippen LogP contribution in [0.3, 0.4) is 0 Å². The molecule has 0 bridgehead atoms. The lowest BCUT2D eigenvalue weighted by molar-refractivity contribution is 0.0674. The van der Waals surface area contributed by atoms with Gasteiger partial charge >= 0.3 is 0 Å². The van der Waals surface area contributed by atoms with Crippen LogP contribution in [0.1, 0.15) is 42.9 Å². The highest BCUT2D eigenvalue weighted by atomic mass is 16.3. The van der Waals surface area contributed by atoms with Crippen LogP contribution in [0.15, 0.2) is 52.9 Å². The molecule has 1 saturated heterocycles. The molecule has 0 radical (unpaired) electrons. The van der Waals surface area contributed by atoms with Crippen LogP contribution in [-0.2, 0) is 6.42 Å². The van der Waals surface area contributed by atoms with E-state index < -0.39 is 0 Å². The molecule has 1 aliphatic rings. The van der Waals surface area contributed by atoms with E-state index in [2.05, 4.69) is 48.0 Å². The third kappa shape index (κ3) is 3.75. The summed E-state index contributed by atoms with van der Waals surface area (Å²) in [5.74, 6) is 0.825. The molecular formula is C23H27N3O2. The number of aromatic nitrogens is 1. The van der Waals surface area contributed by atoms with E-state index in [-0.39, 0.29) is 11.9 Å². The maximum absolute atomic E-state index is 13.1. The van der Waals surface area contributed by atoms with Crippen molar-refractivity contribution in [2.45, 2.75) is 39.2 Å². The molecule has 4 rings (SSSR count). The second-order valence-electron chi connectivity index (χ2n) is 7.52. The van der Waals surface area contributed by atoms with Crippen LogP contribution in [0, 0.1) is 0 Å². The van der Waals surface area contributed by atoms with E-state index >= 15 is 0 Å². The number of anilines is 1. The summed E-state index contributed by atoms with van der Waals surface area (Å²) in [6, 6.07) is 16.1. The normalized spacial score (nSPS) is 17.3. The van der Waals surface area contributed by atoms with Gasteiger partial charge in [-0.25, -0.2) is 4.98 Å². The van der Waals surface area contributed by atoms with Crippen molar-refractivity contribution in [2.24, 2.45) is 0 Å². The fourth-order valence-electron chi connectivity index (χ4n) is 3.84. The Labute approximate surface area is 166 Å². The highest BCUT2D eigenvalue weighted by molar-refractivity contribution is 5.97. The molecule has 1 atom stereocenters. The summed E-state index contributed by atoms with van der Waals surface area (Å²) >= 11 is 0. The van der Waals surface area contributed by atoms with Gasteiger partial charge in [-0.2, -0.15) is 0 Å². The molecule has 3 aromatic rings. The summed E-state index contributed by atoms with van der Waals surface area (Å²) in [4.78, 5) is 22.0. The highest BCUT2D eigenvalue weighted by Gasteiger charge is 2.28. The van der Waals surface area contributed by atoms with Gasteiger partial charge < -0.3 is 14.2 Å². The number of benzene rings is 2. The molecule has 1 aliphatic heterocycles. The molecule has 146 valence electrons. The number of rotatable bonds is 5. The monoisotopic (exact) mass is 377 g/mol. The second kappa shape index (κ2) is 8.05. The molecule has 0 N–H and O–H groups in total. The Balaban J connectivity index is 1.48. The summed E-state index contributed by atoms with van der Waals surface area (Å²) in [6.07, 6.45) is 3.00. The number of unbranched alkanes of at least 4 members (excludes halogenated alkanes) is 1. The summed E-state index contributed by atoms with van der Waals surface area (Å²) in [6.45, 7) is 6.66. The van der Waals surface area contributed by atoms with Gasteiger partial charge in [0.25, 0.3) is 5.91 Å². The number of fused-ring (bicyclic) bond motifs is 1. The minimum atomic E-state index is 0.0696. The number of hydrogen-bond donors (Lipinski definition) is 0. The second-order valence-corrected chi connectivity index (χ2v) is 7.52. The minimum absolute atomic E-state index is 0.0696. The van der Waals surface area contributed by atoms with Gasteiger partial charge in [0.05, 0.1) is 0 Å². The van der Waals surface area contributed by atoms with Crippen molar-refractivity contribution in [1.29, 1.82) is 0 Å². The zero-order chi connectivity index (χ0) is 19.5. The Bertz CT molecular complexity index is 951. The van der Waals surface area contributed by atoms with Crippen LogP contribution in [0.25, 0.3) is 11.1 Å². The average Bonchev–Trinajstić information content (AvgIpc) is 3.14. The number of amides is 1. The van der Waals surface area contributed by atoms with Crippen molar-refractivity contribution in [1.82, 2.24) is 9.88 Å².